The van der Waals surface area contributed by atoms with E-state index in [1.165, 1.54) is 5.56 Å². The molecule has 1 heterocycles. The fourth-order valence-corrected chi connectivity index (χ4v) is 2.72. The van der Waals surface area contributed by atoms with Gasteiger partial charge in [0.1, 0.15) is 0 Å². The van der Waals surface area contributed by atoms with Crippen LogP contribution >= 0.6 is 0 Å². The van der Waals surface area contributed by atoms with Crippen molar-refractivity contribution in [3.05, 3.63) is 17.0 Å². The van der Waals surface area contributed by atoms with Crippen molar-refractivity contribution in [1.29, 1.82) is 0 Å². The third-order valence-corrected chi connectivity index (χ3v) is 4.52. The van der Waals surface area contributed by atoms with Crippen LogP contribution in [0.2, 0.25) is 0 Å². The first-order valence-electron chi connectivity index (χ1n) is 7.34. The standard InChI is InChI=1S/C15H25N3O2/c1-11-13(12(2)18(3)17-11)4-5-14(20)16-10-15(6-7-15)8-9-19/h19H,4-10H2,1-3H3,(H,16,20). The summed E-state index contributed by atoms with van der Waals surface area (Å²) >= 11 is 0. The first-order chi connectivity index (χ1) is 9.47. The maximum absolute atomic E-state index is 11.9. The van der Waals surface area contributed by atoms with Crippen molar-refractivity contribution in [3.8, 4) is 0 Å². The van der Waals surface area contributed by atoms with Gasteiger partial charge < -0.3 is 10.4 Å². The Labute approximate surface area is 120 Å². The molecular formula is C15H25N3O2. The van der Waals surface area contributed by atoms with Crippen LogP contribution in [-0.2, 0) is 18.3 Å². The Morgan fingerprint density at radius 3 is 2.65 bits per heavy atom. The number of aliphatic hydroxyl groups is 1. The monoisotopic (exact) mass is 279 g/mol. The van der Waals surface area contributed by atoms with Gasteiger partial charge in [0, 0.05) is 32.3 Å². The molecule has 0 bridgehead atoms. The zero-order valence-electron chi connectivity index (χ0n) is 12.7. The summed E-state index contributed by atoms with van der Waals surface area (Å²) in [6.07, 6.45) is 4.28. The number of hydrogen-bond donors (Lipinski definition) is 2. The minimum Gasteiger partial charge on any atom is -0.396 e. The summed E-state index contributed by atoms with van der Waals surface area (Å²) in [4.78, 5) is 11.9. The maximum atomic E-state index is 11.9. The molecule has 1 fully saturated rings. The number of aryl methyl sites for hydroxylation is 2. The Bertz CT molecular complexity index is 490. The highest BCUT2D eigenvalue weighted by Crippen LogP contribution is 2.47. The molecule has 20 heavy (non-hydrogen) atoms. The van der Waals surface area contributed by atoms with Crippen LogP contribution in [0, 0.1) is 19.3 Å². The predicted octanol–water partition coefficient (Wildman–Crippen LogP) is 1.25. The quantitative estimate of drug-likeness (QED) is 0.789. The van der Waals surface area contributed by atoms with Gasteiger partial charge >= 0.3 is 0 Å². The lowest BCUT2D eigenvalue weighted by atomic mass is 10.0. The summed E-state index contributed by atoms with van der Waals surface area (Å²) in [5.41, 5.74) is 3.51. The Hall–Kier alpha value is -1.36. The van der Waals surface area contributed by atoms with E-state index in [2.05, 4.69) is 10.4 Å². The molecule has 2 rings (SSSR count). The topological polar surface area (TPSA) is 67.2 Å². The molecule has 0 aromatic carbocycles. The van der Waals surface area contributed by atoms with E-state index in [0.29, 0.717) is 13.0 Å². The SMILES string of the molecule is Cc1nn(C)c(C)c1CCC(=O)NCC1(CCO)CC1. The van der Waals surface area contributed by atoms with Crippen molar-refractivity contribution < 1.29 is 9.90 Å². The van der Waals surface area contributed by atoms with Crippen molar-refractivity contribution in [2.45, 2.75) is 46.0 Å². The molecule has 1 saturated carbocycles. The highest BCUT2D eigenvalue weighted by molar-refractivity contribution is 5.76. The van der Waals surface area contributed by atoms with E-state index >= 15 is 0 Å². The molecule has 2 N–H and O–H groups in total. The number of rotatable bonds is 7. The summed E-state index contributed by atoms with van der Waals surface area (Å²) in [5.74, 6) is 0.0943. The van der Waals surface area contributed by atoms with E-state index in [1.807, 2.05) is 25.6 Å². The zero-order chi connectivity index (χ0) is 14.8. The third kappa shape index (κ3) is 3.39. The summed E-state index contributed by atoms with van der Waals surface area (Å²) in [6, 6.07) is 0. The van der Waals surface area contributed by atoms with E-state index < -0.39 is 0 Å². The summed E-state index contributed by atoms with van der Waals surface area (Å²) in [7, 11) is 1.93. The minimum atomic E-state index is 0.0943. The van der Waals surface area contributed by atoms with Gasteiger partial charge in [-0.25, -0.2) is 0 Å². The molecular weight excluding hydrogens is 254 g/mol. The molecule has 0 aliphatic heterocycles. The normalized spacial score (nSPS) is 16.2. The first kappa shape index (κ1) is 15.0. The molecule has 0 unspecified atom stereocenters. The zero-order valence-corrected chi connectivity index (χ0v) is 12.7. The van der Waals surface area contributed by atoms with E-state index in [4.69, 9.17) is 5.11 Å². The summed E-state index contributed by atoms with van der Waals surface area (Å²) in [5, 5.41) is 16.4. The predicted molar refractivity (Wildman–Crippen MR) is 77.4 cm³/mol. The van der Waals surface area contributed by atoms with E-state index in [0.717, 1.165) is 37.1 Å². The van der Waals surface area contributed by atoms with Crippen LogP contribution in [0.15, 0.2) is 0 Å². The lowest BCUT2D eigenvalue weighted by Crippen LogP contribution is -2.30. The number of carbonyl (C=O) groups excluding carboxylic acids is 1. The average Bonchev–Trinajstić information content (AvgIpc) is 3.11. The fraction of sp³-hybridized carbons (Fsp3) is 0.733. The second-order valence-corrected chi connectivity index (χ2v) is 6.02. The molecule has 1 aliphatic rings. The van der Waals surface area contributed by atoms with Crippen molar-refractivity contribution >= 4 is 5.91 Å². The van der Waals surface area contributed by atoms with Crippen LogP contribution in [0.4, 0.5) is 0 Å². The molecule has 1 aromatic heterocycles. The number of aromatic nitrogens is 2. The van der Waals surface area contributed by atoms with Gasteiger partial charge in [0.2, 0.25) is 5.91 Å². The van der Waals surface area contributed by atoms with Gasteiger partial charge in [-0.1, -0.05) is 0 Å². The largest absolute Gasteiger partial charge is 0.396 e. The highest BCUT2D eigenvalue weighted by Gasteiger charge is 2.41. The average molecular weight is 279 g/mol. The van der Waals surface area contributed by atoms with Crippen LogP contribution < -0.4 is 5.32 Å². The summed E-state index contributed by atoms with van der Waals surface area (Å²) in [6.45, 7) is 4.94. The molecule has 0 spiro atoms. The molecule has 1 aliphatic carbocycles. The Kier molecular flexibility index (Phi) is 4.48. The second kappa shape index (κ2) is 5.95. The maximum Gasteiger partial charge on any atom is 0.220 e. The van der Waals surface area contributed by atoms with Crippen LogP contribution in [0.5, 0.6) is 0 Å². The minimum absolute atomic E-state index is 0.0943. The number of nitrogens with zero attached hydrogens (tertiary/aromatic N) is 2. The Morgan fingerprint density at radius 2 is 2.15 bits per heavy atom. The van der Waals surface area contributed by atoms with Crippen LogP contribution in [0.25, 0.3) is 0 Å². The van der Waals surface area contributed by atoms with E-state index in [9.17, 15) is 4.79 Å². The number of carbonyl (C=O) groups is 1. The van der Waals surface area contributed by atoms with Crippen molar-refractivity contribution in [2.24, 2.45) is 12.5 Å². The van der Waals surface area contributed by atoms with Gasteiger partial charge in [-0.3, -0.25) is 9.48 Å². The van der Waals surface area contributed by atoms with Crippen molar-refractivity contribution in [1.82, 2.24) is 15.1 Å². The van der Waals surface area contributed by atoms with E-state index in [-0.39, 0.29) is 17.9 Å². The number of aliphatic hydroxyl groups excluding tert-OH is 1. The van der Waals surface area contributed by atoms with Crippen LogP contribution in [0.1, 0.15) is 42.6 Å². The summed E-state index contributed by atoms with van der Waals surface area (Å²) < 4.78 is 1.86. The first-order valence-corrected chi connectivity index (χ1v) is 7.34. The molecule has 1 aromatic rings. The lowest BCUT2D eigenvalue weighted by molar-refractivity contribution is -0.121. The van der Waals surface area contributed by atoms with Gasteiger partial charge in [-0.15, -0.1) is 0 Å². The van der Waals surface area contributed by atoms with Gasteiger partial charge in [-0.2, -0.15) is 5.10 Å². The Balaban J connectivity index is 1.78. The molecule has 0 atom stereocenters. The highest BCUT2D eigenvalue weighted by atomic mass is 16.3. The molecule has 0 radical (unpaired) electrons. The molecule has 0 saturated heterocycles. The molecule has 1 amide bonds. The third-order valence-electron chi connectivity index (χ3n) is 4.52. The number of nitrogens with one attached hydrogen (secondary N) is 1. The second-order valence-electron chi connectivity index (χ2n) is 6.02. The smallest absolute Gasteiger partial charge is 0.220 e. The molecule has 5 nitrogen and oxygen atoms in total. The number of hydrogen-bond acceptors (Lipinski definition) is 3. The molecule has 5 heteroatoms. The fourth-order valence-electron chi connectivity index (χ4n) is 2.72. The van der Waals surface area contributed by atoms with E-state index in [1.54, 1.807) is 0 Å². The van der Waals surface area contributed by atoms with Gasteiger partial charge in [0.15, 0.2) is 0 Å². The number of amides is 1. The van der Waals surface area contributed by atoms with Gasteiger partial charge in [-0.05, 0) is 50.5 Å². The van der Waals surface area contributed by atoms with Crippen LogP contribution in [0.3, 0.4) is 0 Å². The Morgan fingerprint density at radius 1 is 1.45 bits per heavy atom. The van der Waals surface area contributed by atoms with Crippen LogP contribution in [-0.4, -0.2) is 33.9 Å². The van der Waals surface area contributed by atoms with Crippen molar-refractivity contribution in [2.75, 3.05) is 13.2 Å². The molecule has 112 valence electrons. The van der Waals surface area contributed by atoms with Crippen molar-refractivity contribution in [3.63, 3.8) is 0 Å². The van der Waals surface area contributed by atoms with Gasteiger partial charge in [0.25, 0.3) is 0 Å². The lowest BCUT2D eigenvalue weighted by Gasteiger charge is -2.14. The van der Waals surface area contributed by atoms with Gasteiger partial charge in [0.05, 0.1) is 5.69 Å².